The van der Waals surface area contributed by atoms with E-state index in [0.717, 1.165) is 6.42 Å². The average molecular weight is 198 g/mol. The SMILES string of the molecule is NCCC=Cc1nc(C(=O)O)cs1. The third-order valence-corrected chi connectivity index (χ3v) is 2.14. The number of hydrogen-bond donors (Lipinski definition) is 2. The van der Waals surface area contributed by atoms with E-state index >= 15 is 0 Å². The van der Waals surface area contributed by atoms with Crippen LogP contribution in [0, 0.1) is 0 Å². The highest BCUT2D eigenvalue weighted by atomic mass is 32.1. The van der Waals surface area contributed by atoms with Crippen molar-refractivity contribution in [3.05, 3.63) is 22.2 Å². The zero-order valence-corrected chi connectivity index (χ0v) is 7.75. The van der Waals surface area contributed by atoms with Gasteiger partial charge in [-0.1, -0.05) is 6.08 Å². The van der Waals surface area contributed by atoms with Crippen LogP contribution >= 0.6 is 11.3 Å². The summed E-state index contributed by atoms with van der Waals surface area (Å²) in [6.07, 6.45) is 4.44. The molecule has 0 unspecified atom stereocenters. The number of carbonyl (C=O) groups is 1. The standard InChI is InChI=1S/C8H10N2O2S/c9-4-2-1-3-7-10-6(5-13-7)8(11)12/h1,3,5H,2,4,9H2,(H,11,12). The average Bonchev–Trinajstić information content (AvgIpc) is 2.53. The molecular weight excluding hydrogens is 188 g/mol. The predicted molar refractivity (Wildman–Crippen MR) is 51.8 cm³/mol. The van der Waals surface area contributed by atoms with Gasteiger partial charge in [-0.25, -0.2) is 9.78 Å². The van der Waals surface area contributed by atoms with Gasteiger partial charge in [0.2, 0.25) is 0 Å². The Bertz CT molecular complexity index is 320. The molecule has 0 aliphatic heterocycles. The van der Waals surface area contributed by atoms with Gasteiger partial charge in [0.25, 0.3) is 0 Å². The normalized spacial score (nSPS) is 10.8. The molecule has 0 saturated carbocycles. The molecule has 1 rings (SSSR count). The molecule has 0 fully saturated rings. The van der Waals surface area contributed by atoms with Crippen molar-refractivity contribution in [3.8, 4) is 0 Å². The van der Waals surface area contributed by atoms with Crippen molar-refractivity contribution >= 4 is 23.4 Å². The smallest absolute Gasteiger partial charge is 0.355 e. The van der Waals surface area contributed by atoms with Crippen molar-refractivity contribution in [1.29, 1.82) is 0 Å². The third-order valence-electron chi connectivity index (χ3n) is 1.33. The zero-order valence-electron chi connectivity index (χ0n) is 6.93. The molecule has 4 nitrogen and oxygen atoms in total. The summed E-state index contributed by atoms with van der Waals surface area (Å²) in [7, 11) is 0. The Kier molecular flexibility index (Phi) is 3.60. The summed E-state index contributed by atoms with van der Waals surface area (Å²) in [5.41, 5.74) is 5.38. The molecular formula is C8H10N2O2S. The van der Waals surface area contributed by atoms with Gasteiger partial charge in [-0.3, -0.25) is 0 Å². The summed E-state index contributed by atoms with van der Waals surface area (Å²) in [6, 6.07) is 0. The molecule has 0 aliphatic carbocycles. The monoisotopic (exact) mass is 198 g/mol. The van der Waals surface area contributed by atoms with Gasteiger partial charge < -0.3 is 10.8 Å². The van der Waals surface area contributed by atoms with Gasteiger partial charge in [0.15, 0.2) is 5.69 Å². The molecule has 0 atom stereocenters. The van der Waals surface area contributed by atoms with Crippen LogP contribution in [0.2, 0.25) is 0 Å². The summed E-state index contributed by atoms with van der Waals surface area (Å²) in [5, 5.41) is 10.8. The molecule has 0 aliphatic rings. The first kappa shape index (κ1) is 9.88. The van der Waals surface area contributed by atoms with Crippen molar-refractivity contribution in [1.82, 2.24) is 4.98 Å². The maximum absolute atomic E-state index is 10.4. The van der Waals surface area contributed by atoms with Crippen LogP contribution in [-0.2, 0) is 0 Å². The maximum atomic E-state index is 10.4. The van der Waals surface area contributed by atoms with E-state index in [-0.39, 0.29) is 5.69 Å². The van der Waals surface area contributed by atoms with E-state index in [0.29, 0.717) is 11.6 Å². The Morgan fingerprint density at radius 3 is 3.08 bits per heavy atom. The Morgan fingerprint density at radius 1 is 1.77 bits per heavy atom. The number of nitrogens with zero attached hydrogens (tertiary/aromatic N) is 1. The molecule has 1 heterocycles. The van der Waals surface area contributed by atoms with E-state index in [4.69, 9.17) is 10.8 Å². The van der Waals surface area contributed by atoms with E-state index < -0.39 is 5.97 Å². The van der Waals surface area contributed by atoms with Crippen molar-refractivity contribution in [2.45, 2.75) is 6.42 Å². The minimum absolute atomic E-state index is 0.0948. The van der Waals surface area contributed by atoms with E-state index in [1.54, 1.807) is 6.08 Å². The number of carboxylic acids is 1. The van der Waals surface area contributed by atoms with Crippen molar-refractivity contribution in [2.75, 3.05) is 6.54 Å². The minimum Gasteiger partial charge on any atom is -0.476 e. The first-order valence-corrected chi connectivity index (χ1v) is 4.67. The lowest BCUT2D eigenvalue weighted by Crippen LogP contribution is -1.96. The van der Waals surface area contributed by atoms with E-state index in [2.05, 4.69) is 4.98 Å². The van der Waals surface area contributed by atoms with E-state index in [9.17, 15) is 4.79 Å². The Balaban J connectivity index is 2.64. The zero-order chi connectivity index (χ0) is 9.68. The highest BCUT2D eigenvalue weighted by Gasteiger charge is 2.05. The second kappa shape index (κ2) is 4.74. The lowest BCUT2D eigenvalue weighted by atomic mass is 10.4. The fourth-order valence-corrected chi connectivity index (χ4v) is 1.45. The second-order valence-corrected chi connectivity index (χ2v) is 3.25. The van der Waals surface area contributed by atoms with Crippen LogP contribution < -0.4 is 5.73 Å². The maximum Gasteiger partial charge on any atom is 0.355 e. The Labute approximate surface area is 79.7 Å². The largest absolute Gasteiger partial charge is 0.476 e. The van der Waals surface area contributed by atoms with Gasteiger partial charge in [-0.2, -0.15) is 0 Å². The fourth-order valence-electron chi connectivity index (χ4n) is 0.743. The molecule has 0 spiro atoms. The van der Waals surface area contributed by atoms with E-state index in [1.165, 1.54) is 16.7 Å². The number of hydrogen-bond acceptors (Lipinski definition) is 4. The molecule has 0 saturated heterocycles. The topological polar surface area (TPSA) is 76.2 Å². The van der Waals surface area contributed by atoms with Crippen molar-refractivity contribution in [2.24, 2.45) is 5.73 Å². The van der Waals surface area contributed by atoms with Gasteiger partial charge in [0, 0.05) is 5.38 Å². The van der Waals surface area contributed by atoms with Crippen LogP contribution in [0.4, 0.5) is 0 Å². The van der Waals surface area contributed by atoms with Crippen molar-refractivity contribution < 1.29 is 9.90 Å². The number of nitrogens with two attached hydrogens (primary N) is 1. The van der Waals surface area contributed by atoms with Crippen LogP contribution in [-0.4, -0.2) is 22.6 Å². The number of rotatable bonds is 4. The summed E-state index contributed by atoms with van der Waals surface area (Å²) in [5.74, 6) is -0.991. The molecule has 3 N–H and O–H groups in total. The number of aromatic nitrogens is 1. The molecule has 13 heavy (non-hydrogen) atoms. The van der Waals surface area contributed by atoms with Crippen LogP contribution in [0.1, 0.15) is 21.9 Å². The van der Waals surface area contributed by atoms with Crippen molar-refractivity contribution in [3.63, 3.8) is 0 Å². The van der Waals surface area contributed by atoms with Crippen LogP contribution in [0.5, 0.6) is 0 Å². The molecule has 70 valence electrons. The predicted octanol–water partition coefficient (Wildman–Crippen LogP) is 1.20. The highest BCUT2D eigenvalue weighted by molar-refractivity contribution is 7.10. The van der Waals surface area contributed by atoms with Gasteiger partial charge >= 0.3 is 5.97 Å². The molecule has 0 amide bonds. The first-order chi connectivity index (χ1) is 6.24. The lowest BCUT2D eigenvalue weighted by Gasteiger charge is -1.84. The molecule has 0 bridgehead atoms. The second-order valence-electron chi connectivity index (χ2n) is 2.36. The first-order valence-electron chi connectivity index (χ1n) is 3.79. The van der Waals surface area contributed by atoms with Crippen LogP contribution in [0.3, 0.4) is 0 Å². The minimum atomic E-state index is -0.991. The van der Waals surface area contributed by atoms with Gasteiger partial charge in [0.05, 0.1) is 0 Å². The molecule has 0 aromatic carbocycles. The third kappa shape index (κ3) is 2.96. The number of aromatic carboxylic acids is 1. The Hall–Kier alpha value is -1.20. The number of thiazole rings is 1. The van der Waals surface area contributed by atoms with Crippen LogP contribution in [0.15, 0.2) is 11.5 Å². The highest BCUT2D eigenvalue weighted by Crippen LogP contribution is 2.11. The lowest BCUT2D eigenvalue weighted by molar-refractivity contribution is 0.0691. The summed E-state index contributed by atoms with van der Waals surface area (Å²) < 4.78 is 0. The quantitative estimate of drug-likeness (QED) is 0.762. The summed E-state index contributed by atoms with van der Waals surface area (Å²) in [6.45, 7) is 0.591. The van der Waals surface area contributed by atoms with E-state index in [1.807, 2.05) is 6.08 Å². The van der Waals surface area contributed by atoms with Gasteiger partial charge in [-0.15, -0.1) is 11.3 Å². The fraction of sp³-hybridized carbons (Fsp3) is 0.250. The molecule has 1 aromatic heterocycles. The summed E-state index contributed by atoms with van der Waals surface area (Å²) in [4.78, 5) is 14.3. The molecule has 0 radical (unpaired) electrons. The van der Waals surface area contributed by atoms with Crippen LogP contribution in [0.25, 0.3) is 6.08 Å². The molecule has 5 heteroatoms. The number of carboxylic acid groups (broad SMARTS) is 1. The van der Waals surface area contributed by atoms with Gasteiger partial charge in [-0.05, 0) is 19.0 Å². The molecule has 1 aromatic rings. The summed E-state index contributed by atoms with van der Waals surface area (Å²) >= 11 is 1.31. The van der Waals surface area contributed by atoms with Gasteiger partial charge in [0.1, 0.15) is 5.01 Å². The Morgan fingerprint density at radius 2 is 2.54 bits per heavy atom.